The van der Waals surface area contributed by atoms with Crippen LogP contribution in [0.4, 0.5) is 13.2 Å². The third-order valence-electron chi connectivity index (χ3n) is 3.82. The Hall–Kier alpha value is -1.07. The Morgan fingerprint density at radius 3 is 2.48 bits per heavy atom. The Kier molecular flexibility index (Phi) is 6.68. The van der Waals surface area contributed by atoms with Gasteiger partial charge in [0.25, 0.3) is 0 Å². The van der Waals surface area contributed by atoms with Crippen LogP contribution in [0.25, 0.3) is 0 Å². The van der Waals surface area contributed by atoms with Gasteiger partial charge in [0.05, 0.1) is 5.56 Å². The lowest BCUT2D eigenvalue weighted by atomic mass is 9.96. The van der Waals surface area contributed by atoms with Crippen LogP contribution in [0.5, 0.6) is 0 Å². The zero-order valence-electron chi connectivity index (χ0n) is 12.9. The molecule has 0 aliphatic rings. The predicted molar refractivity (Wildman–Crippen MR) is 80.1 cm³/mol. The van der Waals surface area contributed by atoms with Crippen LogP contribution in [0.2, 0.25) is 0 Å². The van der Waals surface area contributed by atoms with E-state index >= 15 is 0 Å². The third-order valence-corrected chi connectivity index (χ3v) is 3.82. The van der Waals surface area contributed by atoms with Crippen LogP contribution in [0.3, 0.4) is 0 Å². The van der Waals surface area contributed by atoms with Gasteiger partial charge in [-0.2, -0.15) is 13.2 Å². The second-order valence-electron chi connectivity index (χ2n) is 5.68. The van der Waals surface area contributed by atoms with Crippen molar-refractivity contribution in [3.8, 4) is 0 Å². The summed E-state index contributed by atoms with van der Waals surface area (Å²) in [6.45, 7) is 7.00. The van der Waals surface area contributed by atoms with Crippen LogP contribution in [0, 0.1) is 12.8 Å². The molecule has 0 fully saturated rings. The van der Waals surface area contributed by atoms with Gasteiger partial charge in [0.2, 0.25) is 0 Å². The summed E-state index contributed by atoms with van der Waals surface area (Å²) in [5, 5.41) is 3.32. The van der Waals surface area contributed by atoms with Crippen molar-refractivity contribution >= 4 is 0 Å². The molecule has 0 saturated heterocycles. The van der Waals surface area contributed by atoms with E-state index in [1.165, 1.54) is 13.0 Å². The molecule has 1 rings (SSSR count). The number of alkyl halides is 3. The molecule has 0 spiro atoms. The fourth-order valence-electron chi connectivity index (χ4n) is 2.49. The van der Waals surface area contributed by atoms with Gasteiger partial charge in [-0.05, 0) is 62.9 Å². The Balaban J connectivity index is 2.73. The lowest BCUT2D eigenvalue weighted by Crippen LogP contribution is -2.26. The molecule has 0 bridgehead atoms. The van der Waals surface area contributed by atoms with Crippen molar-refractivity contribution in [1.29, 1.82) is 0 Å². The highest BCUT2D eigenvalue weighted by atomic mass is 19.4. The van der Waals surface area contributed by atoms with Crippen molar-refractivity contribution in [3.05, 3.63) is 34.9 Å². The topological polar surface area (TPSA) is 38.0 Å². The van der Waals surface area contributed by atoms with E-state index in [2.05, 4.69) is 12.2 Å². The molecule has 0 saturated carbocycles. The van der Waals surface area contributed by atoms with Gasteiger partial charge in [-0.1, -0.05) is 19.1 Å². The highest BCUT2D eigenvalue weighted by Gasteiger charge is 2.33. The summed E-state index contributed by atoms with van der Waals surface area (Å²) in [6, 6.07) is 4.26. The molecule has 1 unspecified atom stereocenters. The molecule has 0 aliphatic heterocycles. The van der Waals surface area contributed by atoms with Crippen LogP contribution in [-0.4, -0.2) is 13.1 Å². The summed E-state index contributed by atoms with van der Waals surface area (Å²) in [4.78, 5) is 0. The van der Waals surface area contributed by atoms with E-state index < -0.39 is 11.7 Å². The second-order valence-corrected chi connectivity index (χ2v) is 5.68. The third kappa shape index (κ3) is 5.32. The maximum absolute atomic E-state index is 12.9. The molecule has 5 heteroatoms. The van der Waals surface area contributed by atoms with E-state index in [1.54, 1.807) is 6.07 Å². The normalized spacial score (nSPS) is 15.0. The first kappa shape index (κ1) is 18.0. The molecule has 2 nitrogen and oxygen atoms in total. The van der Waals surface area contributed by atoms with Crippen LogP contribution in [0.1, 0.15) is 49.4 Å². The maximum atomic E-state index is 12.9. The quantitative estimate of drug-likeness (QED) is 0.798. The van der Waals surface area contributed by atoms with Gasteiger partial charge in [0.1, 0.15) is 0 Å². The van der Waals surface area contributed by atoms with Crippen molar-refractivity contribution in [2.75, 3.05) is 13.1 Å². The smallest absolute Gasteiger partial charge is 0.330 e. The van der Waals surface area contributed by atoms with Gasteiger partial charge in [-0.3, -0.25) is 0 Å². The maximum Gasteiger partial charge on any atom is 0.416 e. The Labute approximate surface area is 124 Å². The van der Waals surface area contributed by atoms with Crippen molar-refractivity contribution in [2.45, 2.75) is 45.8 Å². The van der Waals surface area contributed by atoms with E-state index in [1.807, 2.05) is 6.92 Å². The van der Waals surface area contributed by atoms with Gasteiger partial charge >= 0.3 is 6.18 Å². The number of halogens is 3. The van der Waals surface area contributed by atoms with Crippen molar-refractivity contribution in [2.24, 2.45) is 11.7 Å². The zero-order chi connectivity index (χ0) is 16.0. The molecule has 120 valence electrons. The molecule has 0 heterocycles. The molecule has 0 amide bonds. The fourth-order valence-corrected chi connectivity index (χ4v) is 2.49. The van der Waals surface area contributed by atoms with Crippen LogP contribution in [0.15, 0.2) is 18.2 Å². The molecule has 0 radical (unpaired) electrons. The van der Waals surface area contributed by atoms with Crippen molar-refractivity contribution in [1.82, 2.24) is 5.32 Å². The number of hydrogen-bond acceptors (Lipinski definition) is 2. The van der Waals surface area contributed by atoms with E-state index in [4.69, 9.17) is 5.73 Å². The minimum absolute atomic E-state index is 0.104. The lowest BCUT2D eigenvalue weighted by Gasteiger charge is -2.21. The van der Waals surface area contributed by atoms with Crippen molar-refractivity contribution < 1.29 is 13.2 Å². The van der Waals surface area contributed by atoms with Gasteiger partial charge in [-0.15, -0.1) is 0 Å². The molecule has 1 aromatic carbocycles. The molecule has 0 aliphatic carbocycles. The largest absolute Gasteiger partial charge is 0.416 e. The van der Waals surface area contributed by atoms with E-state index in [0.29, 0.717) is 23.6 Å². The van der Waals surface area contributed by atoms with Gasteiger partial charge in [-0.25, -0.2) is 0 Å². The highest BCUT2D eigenvalue weighted by Crippen LogP contribution is 2.34. The summed E-state index contributed by atoms with van der Waals surface area (Å²) < 4.78 is 38.7. The molecule has 3 N–H and O–H groups in total. The van der Waals surface area contributed by atoms with Gasteiger partial charge < -0.3 is 11.1 Å². The Morgan fingerprint density at radius 2 is 1.90 bits per heavy atom. The van der Waals surface area contributed by atoms with E-state index in [-0.39, 0.29) is 6.04 Å². The Morgan fingerprint density at radius 1 is 1.24 bits per heavy atom. The number of benzene rings is 1. The minimum atomic E-state index is -4.30. The molecule has 21 heavy (non-hydrogen) atoms. The van der Waals surface area contributed by atoms with Crippen LogP contribution in [-0.2, 0) is 6.18 Å². The predicted octanol–water partition coefficient (Wildman–Crippen LogP) is 4.04. The standard InChI is InChI=1S/C16H25F3N2/c1-11(6-5-9-20)10-21-13(3)14-7-4-8-15(12(14)2)16(17,18)19/h4,7-8,11,13,21H,5-6,9-10,20H2,1-3H3/t11?,13-/m1/s1. The first-order valence-corrected chi connectivity index (χ1v) is 7.37. The summed E-state index contributed by atoms with van der Waals surface area (Å²) in [5.41, 5.74) is 5.93. The van der Waals surface area contributed by atoms with Crippen molar-refractivity contribution in [3.63, 3.8) is 0 Å². The number of nitrogens with one attached hydrogen (secondary N) is 1. The highest BCUT2D eigenvalue weighted by molar-refractivity contribution is 5.37. The minimum Gasteiger partial charge on any atom is -0.330 e. The molecular formula is C16H25F3N2. The summed E-state index contributed by atoms with van der Waals surface area (Å²) >= 11 is 0. The van der Waals surface area contributed by atoms with E-state index in [0.717, 1.165) is 25.5 Å². The monoisotopic (exact) mass is 302 g/mol. The number of nitrogens with two attached hydrogens (primary N) is 1. The summed E-state index contributed by atoms with van der Waals surface area (Å²) in [7, 11) is 0. The van der Waals surface area contributed by atoms with Gasteiger partial charge in [0, 0.05) is 6.04 Å². The fraction of sp³-hybridized carbons (Fsp3) is 0.625. The van der Waals surface area contributed by atoms with E-state index in [9.17, 15) is 13.2 Å². The number of hydrogen-bond donors (Lipinski definition) is 2. The zero-order valence-corrected chi connectivity index (χ0v) is 12.9. The molecule has 1 aromatic rings. The SMILES string of the molecule is Cc1c([C@@H](C)NCC(C)CCCN)cccc1C(F)(F)F. The number of rotatable bonds is 7. The summed E-state index contributed by atoms with van der Waals surface area (Å²) in [6.07, 6.45) is -2.30. The first-order chi connectivity index (χ1) is 9.77. The molecular weight excluding hydrogens is 277 g/mol. The van der Waals surface area contributed by atoms with Gasteiger partial charge in [0.15, 0.2) is 0 Å². The Bertz CT molecular complexity index is 444. The average molecular weight is 302 g/mol. The van der Waals surface area contributed by atoms with Crippen LogP contribution >= 0.6 is 0 Å². The average Bonchev–Trinajstić information content (AvgIpc) is 2.41. The van der Waals surface area contributed by atoms with Crippen LogP contribution < -0.4 is 11.1 Å². The summed E-state index contributed by atoms with van der Waals surface area (Å²) in [5.74, 6) is 0.460. The lowest BCUT2D eigenvalue weighted by molar-refractivity contribution is -0.138. The molecule has 2 atom stereocenters. The molecule has 0 aromatic heterocycles. The first-order valence-electron chi connectivity index (χ1n) is 7.37. The second kappa shape index (κ2) is 7.80.